The van der Waals surface area contributed by atoms with Crippen molar-refractivity contribution >= 4 is 0 Å². The van der Waals surface area contributed by atoms with Crippen LogP contribution in [0.4, 0.5) is 0 Å². The van der Waals surface area contributed by atoms with Crippen molar-refractivity contribution in [1.29, 1.82) is 0 Å². The van der Waals surface area contributed by atoms with Crippen molar-refractivity contribution in [3.63, 3.8) is 0 Å². The molecule has 0 unspecified atom stereocenters. The van der Waals surface area contributed by atoms with Crippen LogP contribution in [0.5, 0.6) is 0 Å². The van der Waals surface area contributed by atoms with Gasteiger partial charge in [0.15, 0.2) is 0 Å². The highest BCUT2D eigenvalue weighted by atomic mass is 13.9. The molecule has 0 atom stereocenters. The third-order valence-electron chi connectivity index (χ3n) is 2.37. The lowest BCUT2D eigenvalue weighted by Gasteiger charge is -1.93. The Morgan fingerprint density at radius 2 is 0.933 bits per heavy atom. The Hall–Kier alpha value is -1.56. The van der Waals surface area contributed by atoms with E-state index in [0.29, 0.717) is 0 Å². The molecule has 0 aliphatic carbocycles. The molecule has 0 aromatic heterocycles. The zero-order valence-corrected chi connectivity index (χ0v) is 9.70. The van der Waals surface area contributed by atoms with Gasteiger partial charge in [-0.15, -0.1) is 0 Å². The monoisotopic (exact) mass is 198 g/mol. The molecular weight excluding hydrogens is 180 g/mol. The normalized spacial score (nSPS) is 9.00. The lowest BCUT2D eigenvalue weighted by atomic mass is 10.1. The summed E-state index contributed by atoms with van der Waals surface area (Å²) in [6.45, 7) is 6.32. The SMILES string of the molecule is Cc1ccccc1.Cc1ccccc1C. The van der Waals surface area contributed by atoms with E-state index in [1.54, 1.807) is 0 Å². The summed E-state index contributed by atoms with van der Waals surface area (Å²) in [7, 11) is 0. The molecular formula is C15H18. The quantitative estimate of drug-likeness (QED) is 0.592. The smallest absolute Gasteiger partial charge is 0.0395 e. The minimum atomic E-state index is 1.32. The van der Waals surface area contributed by atoms with Gasteiger partial charge in [0.1, 0.15) is 0 Å². The lowest BCUT2D eigenvalue weighted by molar-refractivity contribution is 1.34. The van der Waals surface area contributed by atoms with Crippen LogP contribution in [0.1, 0.15) is 16.7 Å². The van der Waals surface area contributed by atoms with E-state index in [2.05, 4.69) is 57.2 Å². The van der Waals surface area contributed by atoms with Gasteiger partial charge in [-0.25, -0.2) is 0 Å². The third-order valence-corrected chi connectivity index (χ3v) is 2.37. The van der Waals surface area contributed by atoms with Gasteiger partial charge in [0.2, 0.25) is 0 Å². The number of hydrogen-bond donors (Lipinski definition) is 0. The van der Waals surface area contributed by atoms with E-state index in [-0.39, 0.29) is 0 Å². The molecule has 2 rings (SSSR count). The topological polar surface area (TPSA) is 0 Å². The maximum absolute atomic E-state index is 2.12. The Kier molecular flexibility index (Phi) is 4.62. The first kappa shape index (κ1) is 11.5. The van der Waals surface area contributed by atoms with Crippen LogP contribution in [0.3, 0.4) is 0 Å². The molecule has 15 heavy (non-hydrogen) atoms. The summed E-state index contributed by atoms with van der Waals surface area (Å²) in [5, 5.41) is 0. The fraction of sp³-hybridized carbons (Fsp3) is 0.200. The van der Waals surface area contributed by atoms with Crippen LogP contribution in [-0.4, -0.2) is 0 Å². The van der Waals surface area contributed by atoms with Gasteiger partial charge in [0.25, 0.3) is 0 Å². The molecule has 0 fully saturated rings. The van der Waals surface area contributed by atoms with Crippen molar-refractivity contribution in [3.05, 3.63) is 71.3 Å². The number of rotatable bonds is 0. The summed E-state index contributed by atoms with van der Waals surface area (Å²) >= 11 is 0. The first-order valence-corrected chi connectivity index (χ1v) is 5.24. The second-order valence-electron chi connectivity index (χ2n) is 3.74. The molecule has 0 nitrogen and oxygen atoms in total. The van der Waals surface area contributed by atoms with Gasteiger partial charge < -0.3 is 0 Å². The fourth-order valence-electron chi connectivity index (χ4n) is 1.20. The molecule has 0 aliphatic heterocycles. The highest BCUT2D eigenvalue weighted by molar-refractivity contribution is 5.23. The van der Waals surface area contributed by atoms with E-state index in [1.807, 2.05) is 18.2 Å². The van der Waals surface area contributed by atoms with Crippen LogP contribution in [-0.2, 0) is 0 Å². The van der Waals surface area contributed by atoms with E-state index in [4.69, 9.17) is 0 Å². The molecule has 2 aromatic carbocycles. The molecule has 78 valence electrons. The minimum Gasteiger partial charge on any atom is -0.0622 e. The van der Waals surface area contributed by atoms with Crippen LogP contribution in [0.2, 0.25) is 0 Å². The van der Waals surface area contributed by atoms with E-state index >= 15 is 0 Å². The number of aryl methyl sites for hydroxylation is 3. The van der Waals surface area contributed by atoms with E-state index < -0.39 is 0 Å². The van der Waals surface area contributed by atoms with Crippen molar-refractivity contribution in [1.82, 2.24) is 0 Å². The van der Waals surface area contributed by atoms with Crippen LogP contribution < -0.4 is 0 Å². The zero-order valence-electron chi connectivity index (χ0n) is 9.70. The molecule has 2 aromatic rings. The standard InChI is InChI=1S/C8H10.C7H8/c1-7-5-3-4-6-8(7)2;1-7-5-3-2-4-6-7/h3-6H,1-2H3;2-6H,1H3. The van der Waals surface area contributed by atoms with E-state index in [0.717, 1.165) is 0 Å². The zero-order chi connectivity index (χ0) is 11.1. The third kappa shape index (κ3) is 4.46. The van der Waals surface area contributed by atoms with Crippen LogP contribution in [0.15, 0.2) is 54.6 Å². The molecule has 0 heteroatoms. The van der Waals surface area contributed by atoms with Gasteiger partial charge in [-0.3, -0.25) is 0 Å². The second-order valence-corrected chi connectivity index (χ2v) is 3.74. The van der Waals surface area contributed by atoms with E-state index in [9.17, 15) is 0 Å². The van der Waals surface area contributed by atoms with Crippen molar-refractivity contribution in [2.24, 2.45) is 0 Å². The van der Waals surface area contributed by atoms with Gasteiger partial charge in [0, 0.05) is 0 Å². The first-order chi connectivity index (χ1) is 7.20. The van der Waals surface area contributed by atoms with Crippen molar-refractivity contribution in [2.45, 2.75) is 20.8 Å². The molecule has 0 heterocycles. The maximum Gasteiger partial charge on any atom is -0.0395 e. The van der Waals surface area contributed by atoms with Gasteiger partial charge >= 0.3 is 0 Å². The van der Waals surface area contributed by atoms with Gasteiger partial charge in [0.05, 0.1) is 0 Å². The first-order valence-electron chi connectivity index (χ1n) is 5.24. The van der Waals surface area contributed by atoms with Crippen LogP contribution in [0, 0.1) is 20.8 Å². The lowest BCUT2D eigenvalue weighted by Crippen LogP contribution is -1.74. The minimum absolute atomic E-state index is 1.32. The maximum atomic E-state index is 2.12. The Bertz CT molecular complexity index is 367. The van der Waals surface area contributed by atoms with Crippen molar-refractivity contribution in [3.8, 4) is 0 Å². The molecule has 0 spiro atoms. The summed E-state index contributed by atoms with van der Waals surface area (Å²) < 4.78 is 0. The van der Waals surface area contributed by atoms with Crippen molar-refractivity contribution in [2.75, 3.05) is 0 Å². The Balaban J connectivity index is 0.000000151. The molecule has 0 aliphatic rings. The van der Waals surface area contributed by atoms with Gasteiger partial charge in [-0.2, -0.15) is 0 Å². The molecule has 0 bridgehead atoms. The van der Waals surface area contributed by atoms with Crippen LogP contribution >= 0.6 is 0 Å². The Morgan fingerprint density at radius 1 is 0.533 bits per heavy atom. The largest absolute Gasteiger partial charge is 0.0622 e. The Morgan fingerprint density at radius 3 is 1.20 bits per heavy atom. The summed E-state index contributed by atoms with van der Waals surface area (Å²) in [4.78, 5) is 0. The summed E-state index contributed by atoms with van der Waals surface area (Å²) in [6.07, 6.45) is 0. The average Bonchev–Trinajstić information content (AvgIpc) is 2.25. The van der Waals surface area contributed by atoms with Crippen LogP contribution in [0.25, 0.3) is 0 Å². The Labute approximate surface area is 92.6 Å². The average molecular weight is 198 g/mol. The fourth-order valence-corrected chi connectivity index (χ4v) is 1.20. The number of benzene rings is 2. The molecule has 0 amide bonds. The second kappa shape index (κ2) is 6.02. The molecule has 0 radical (unpaired) electrons. The van der Waals surface area contributed by atoms with Crippen molar-refractivity contribution < 1.29 is 0 Å². The highest BCUT2D eigenvalue weighted by Crippen LogP contribution is 2.02. The summed E-state index contributed by atoms with van der Waals surface area (Å²) in [6, 6.07) is 18.6. The highest BCUT2D eigenvalue weighted by Gasteiger charge is 1.83. The molecule has 0 saturated carbocycles. The summed E-state index contributed by atoms with van der Waals surface area (Å²) in [5.74, 6) is 0. The molecule has 0 N–H and O–H groups in total. The predicted octanol–water partition coefficient (Wildman–Crippen LogP) is 4.30. The van der Waals surface area contributed by atoms with Gasteiger partial charge in [-0.1, -0.05) is 60.2 Å². The van der Waals surface area contributed by atoms with E-state index in [1.165, 1.54) is 16.7 Å². The summed E-state index contributed by atoms with van der Waals surface area (Å²) in [5.41, 5.74) is 4.06. The molecule has 0 saturated heterocycles. The number of hydrogen-bond acceptors (Lipinski definition) is 0. The predicted molar refractivity (Wildman–Crippen MR) is 67.1 cm³/mol. The van der Waals surface area contributed by atoms with Gasteiger partial charge in [-0.05, 0) is 31.9 Å².